The van der Waals surface area contributed by atoms with Crippen molar-refractivity contribution in [3.8, 4) is 11.3 Å². The molecular formula is C21H27N5O4S. The molecule has 3 N–H and O–H groups in total. The lowest BCUT2D eigenvalue weighted by Gasteiger charge is -2.33. The van der Waals surface area contributed by atoms with Crippen molar-refractivity contribution < 1.29 is 18.0 Å². The second-order valence-electron chi connectivity index (χ2n) is 7.88. The molecule has 0 spiro atoms. The molecule has 0 bridgehead atoms. The van der Waals surface area contributed by atoms with Crippen LogP contribution < -0.4 is 10.5 Å². The van der Waals surface area contributed by atoms with Crippen LogP contribution in [0.4, 0.5) is 5.69 Å². The summed E-state index contributed by atoms with van der Waals surface area (Å²) in [7, 11) is -3.44. The zero-order valence-corrected chi connectivity index (χ0v) is 18.5. The zero-order valence-electron chi connectivity index (χ0n) is 17.7. The van der Waals surface area contributed by atoms with Gasteiger partial charge in [-0.25, -0.2) is 8.42 Å². The van der Waals surface area contributed by atoms with Crippen LogP contribution in [0.25, 0.3) is 11.3 Å². The van der Waals surface area contributed by atoms with E-state index >= 15 is 0 Å². The molecule has 2 heterocycles. The highest BCUT2D eigenvalue weighted by Crippen LogP contribution is 2.29. The first-order valence-corrected chi connectivity index (χ1v) is 11.8. The van der Waals surface area contributed by atoms with Crippen LogP contribution in [-0.4, -0.2) is 60.7 Å². The topological polar surface area (TPSA) is 127 Å². The van der Waals surface area contributed by atoms with Crippen molar-refractivity contribution in [2.45, 2.75) is 25.8 Å². The number of Topliss-reactive ketones (excluding diaryl/α,β-unsaturated/α-hetero) is 1. The lowest BCUT2D eigenvalue weighted by atomic mass is 10.0. The molecule has 1 aromatic heterocycles. The van der Waals surface area contributed by atoms with E-state index in [4.69, 9.17) is 5.73 Å². The molecule has 31 heavy (non-hydrogen) atoms. The fourth-order valence-corrected chi connectivity index (χ4v) is 4.24. The highest BCUT2D eigenvalue weighted by molar-refractivity contribution is 7.92. The van der Waals surface area contributed by atoms with Crippen LogP contribution in [0, 0.1) is 0 Å². The summed E-state index contributed by atoms with van der Waals surface area (Å²) in [4.78, 5) is 25.8. The van der Waals surface area contributed by atoms with Gasteiger partial charge < -0.3 is 5.73 Å². The molecule has 1 saturated heterocycles. The number of nitrogens with two attached hydrogens (primary N) is 1. The van der Waals surface area contributed by atoms with Crippen LogP contribution >= 0.6 is 0 Å². The number of nitrogens with zero attached hydrogens (tertiary/aromatic N) is 3. The molecular weight excluding hydrogens is 418 g/mol. The lowest BCUT2D eigenvalue weighted by Crippen LogP contribution is -2.38. The molecule has 0 saturated carbocycles. The number of nitrogens with one attached hydrogen (secondary N) is 1. The standard InChI is InChI=1S/C21H27N5O4S/c1-14(15(2)27)11-25-9-5-8-18(12-25)26-13-19(21(22)28)20(23-26)16-6-4-7-17(10-16)24-31(3,29)30/h4,6-7,10,13,18,24H,1,5,8-9,11-12H2,2-3H3,(H2,22,28). The molecule has 3 rings (SSSR count). The number of carbonyl (C=O) groups is 2. The largest absolute Gasteiger partial charge is 0.365 e. The molecule has 10 heteroatoms. The Hall–Kier alpha value is -2.98. The van der Waals surface area contributed by atoms with Crippen LogP contribution in [0.3, 0.4) is 0 Å². The number of piperidine rings is 1. The maximum Gasteiger partial charge on any atom is 0.252 e. The predicted octanol–water partition coefficient (Wildman–Crippen LogP) is 1.80. The molecule has 1 fully saturated rings. The fraction of sp³-hybridized carbons (Fsp3) is 0.381. The minimum atomic E-state index is -3.44. The number of aromatic nitrogens is 2. The van der Waals surface area contributed by atoms with E-state index in [0.29, 0.717) is 35.6 Å². The summed E-state index contributed by atoms with van der Waals surface area (Å²) in [6.07, 6.45) is 4.50. The van der Waals surface area contributed by atoms with Gasteiger partial charge in [-0.15, -0.1) is 0 Å². The van der Waals surface area contributed by atoms with Gasteiger partial charge in [0.1, 0.15) is 5.69 Å². The normalized spacial score (nSPS) is 17.3. The van der Waals surface area contributed by atoms with E-state index < -0.39 is 15.9 Å². The van der Waals surface area contributed by atoms with E-state index in [2.05, 4.69) is 21.3 Å². The molecule has 1 unspecified atom stereocenters. The average molecular weight is 446 g/mol. The van der Waals surface area contributed by atoms with Crippen molar-refractivity contribution in [1.82, 2.24) is 14.7 Å². The third-order valence-corrected chi connectivity index (χ3v) is 5.81. The summed E-state index contributed by atoms with van der Waals surface area (Å²) in [5.74, 6) is -0.637. The van der Waals surface area contributed by atoms with Gasteiger partial charge in [-0.1, -0.05) is 18.7 Å². The van der Waals surface area contributed by atoms with Gasteiger partial charge in [-0.3, -0.25) is 23.9 Å². The van der Waals surface area contributed by atoms with E-state index in [0.717, 1.165) is 25.6 Å². The van der Waals surface area contributed by atoms with Crippen LogP contribution in [0.1, 0.15) is 36.2 Å². The fourth-order valence-electron chi connectivity index (χ4n) is 3.69. The Morgan fingerprint density at radius 2 is 2.10 bits per heavy atom. The third-order valence-electron chi connectivity index (χ3n) is 5.20. The van der Waals surface area contributed by atoms with Crippen LogP contribution in [0.2, 0.25) is 0 Å². The Labute approximate surface area is 182 Å². The number of amides is 1. The minimum absolute atomic E-state index is 0.0117. The molecule has 166 valence electrons. The maximum absolute atomic E-state index is 12.1. The first-order chi connectivity index (χ1) is 14.5. The number of carbonyl (C=O) groups excluding carboxylic acids is 2. The number of hydrogen-bond acceptors (Lipinski definition) is 6. The molecule has 1 aliphatic rings. The van der Waals surface area contributed by atoms with E-state index in [1.54, 1.807) is 35.1 Å². The number of benzene rings is 1. The second-order valence-corrected chi connectivity index (χ2v) is 9.63. The van der Waals surface area contributed by atoms with Gasteiger partial charge in [0.15, 0.2) is 5.78 Å². The van der Waals surface area contributed by atoms with Crippen LogP contribution in [-0.2, 0) is 14.8 Å². The Morgan fingerprint density at radius 1 is 1.35 bits per heavy atom. The van der Waals surface area contributed by atoms with Gasteiger partial charge in [-0.2, -0.15) is 5.10 Å². The number of sulfonamides is 1. The van der Waals surface area contributed by atoms with Gasteiger partial charge in [0, 0.05) is 36.1 Å². The van der Waals surface area contributed by atoms with Crippen molar-refractivity contribution in [3.05, 3.63) is 48.2 Å². The summed E-state index contributed by atoms with van der Waals surface area (Å²) >= 11 is 0. The number of likely N-dealkylation sites (tertiary alicyclic amines) is 1. The Bertz CT molecular complexity index is 1120. The lowest BCUT2D eigenvalue weighted by molar-refractivity contribution is -0.113. The Balaban J connectivity index is 1.89. The van der Waals surface area contributed by atoms with Crippen LogP contribution in [0.15, 0.2) is 42.6 Å². The third kappa shape index (κ3) is 5.80. The van der Waals surface area contributed by atoms with Crippen molar-refractivity contribution >= 4 is 27.4 Å². The molecule has 0 radical (unpaired) electrons. The number of rotatable bonds is 8. The highest BCUT2D eigenvalue weighted by Gasteiger charge is 2.25. The first-order valence-electron chi connectivity index (χ1n) is 9.91. The monoisotopic (exact) mass is 445 g/mol. The molecule has 2 aromatic rings. The van der Waals surface area contributed by atoms with Crippen molar-refractivity contribution in [1.29, 1.82) is 0 Å². The molecule has 0 aliphatic carbocycles. The van der Waals surface area contributed by atoms with Crippen molar-refractivity contribution in [2.24, 2.45) is 5.73 Å². The molecule has 1 amide bonds. The van der Waals surface area contributed by atoms with Gasteiger partial charge in [0.25, 0.3) is 5.91 Å². The minimum Gasteiger partial charge on any atom is -0.365 e. The molecule has 1 aliphatic heterocycles. The van der Waals surface area contributed by atoms with Crippen molar-refractivity contribution in [2.75, 3.05) is 30.6 Å². The maximum atomic E-state index is 12.1. The SMILES string of the molecule is C=C(CN1CCCC(n2cc(C(N)=O)c(-c3cccc(NS(C)(=O)=O)c3)n2)C1)C(C)=O. The second kappa shape index (κ2) is 9.03. The van der Waals surface area contributed by atoms with Gasteiger partial charge in [-0.05, 0) is 38.4 Å². The summed E-state index contributed by atoms with van der Waals surface area (Å²) < 4.78 is 27.3. The smallest absolute Gasteiger partial charge is 0.252 e. The van der Waals surface area contributed by atoms with E-state index in [-0.39, 0.29) is 17.4 Å². The Kier molecular flexibility index (Phi) is 6.61. The summed E-state index contributed by atoms with van der Waals surface area (Å²) in [6.45, 7) is 7.38. The predicted molar refractivity (Wildman–Crippen MR) is 119 cm³/mol. The van der Waals surface area contributed by atoms with Gasteiger partial charge in [0.2, 0.25) is 10.0 Å². The Morgan fingerprint density at radius 3 is 2.74 bits per heavy atom. The summed E-state index contributed by atoms with van der Waals surface area (Å²) in [5.41, 5.74) is 7.78. The van der Waals surface area contributed by atoms with E-state index in [9.17, 15) is 18.0 Å². The van der Waals surface area contributed by atoms with E-state index in [1.807, 2.05) is 0 Å². The number of ketones is 1. The van der Waals surface area contributed by atoms with Gasteiger partial charge >= 0.3 is 0 Å². The summed E-state index contributed by atoms with van der Waals surface area (Å²) in [6, 6.07) is 6.67. The molecule has 1 aromatic carbocycles. The van der Waals surface area contributed by atoms with Gasteiger partial charge in [0.05, 0.1) is 17.9 Å². The number of primary amides is 1. The summed E-state index contributed by atoms with van der Waals surface area (Å²) in [5, 5.41) is 4.63. The molecule has 1 atom stereocenters. The van der Waals surface area contributed by atoms with E-state index in [1.165, 1.54) is 6.92 Å². The molecule has 9 nitrogen and oxygen atoms in total. The van der Waals surface area contributed by atoms with Crippen molar-refractivity contribution in [3.63, 3.8) is 0 Å². The number of anilines is 1. The van der Waals surface area contributed by atoms with Crippen LogP contribution in [0.5, 0.6) is 0 Å². The quantitative estimate of drug-likeness (QED) is 0.597. The number of hydrogen-bond donors (Lipinski definition) is 2. The zero-order chi connectivity index (χ0) is 22.8. The average Bonchev–Trinajstić information content (AvgIpc) is 3.13. The highest BCUT2D eigenvalue weighted by atomic mass is 32.2. The first kappa shape index (κ1) is 22.7.